The van der Waals surface area contributed by atoms with Gasteiger partial charge in [0.15, 0.2) is 15.9 Å². The fraction of sp³-hybridized carbons (Fsp3) is 0.316. The molecule has 2 aromatic rings. The summed E-state index contributed by atoms with van der Waals surface area (Å²) in [7, 11) is -3.74. The van der Waals surface area contributed by atoms with Crippen LogP contribution in [0.2, 0.25) is 5.02 Å². The molecule has 0 bridgehead atoms. The average molecular weight is 466 g/mol. The summed E-state index contributed by atoms with van der Waals surface area (Å²) in [4.78, 5) is 14.1. The Bertz CT molecular complexity index is 1090. The first-order chi connectivity index (χ1) is 13.8. The van der Waals surface area contributed by atoms with Gasteiger partial charge in [-0.05, 0) is 48.4 Å². The molecule has 0 N–H and O–H groups in total. The maximum atomic E-state index is 13.7. The van der Waals surface area contributed by atoms with Gasteiger partial charge in [-0.25, -0.2) is 12.8 Å². The molecule has 30 heavy (non-hydrogen) atoms. The van der Waals surface area contributed by atoms with E-state index in [2.05, 4.69) is 0 Å². The molecule has 1 heterocycles. The number of carbonyl (C=O) groups is 1. The summed E-state index contributed by atoms with van der Waals surface area (Å²) < 4.78 is 81.2. The molecule has 0 spiro atoms. The number of hydrogen-bond acceptors (Lipinski definition) is 4. The topological polar surface area (TPSA) is 63.7 Å². The number of ether oxygens (including phenoxy) is 1. The number of hydrogen-bond donors (Lipinski definition) is 0. The fourth-order valence-electron chi connectivity index (χ4n) is 2.97. The number of fused-ring (bicyclic) bond motifs is 1. The van der Waals surface area contributed by atoms with E-state index in [1.165, 1.54) is 17.0 Å². The molecule has 0 saturated heterocycles. The number of nitrogens with zero attached hydrogens (tertiary/aromatic N) is 1. The van der Waals surface area contributed by atoms with Crippen LogP contribution in [-0.2, 0) is 22.9 Å². The summed E-state index contributed by atoms with van der Waals surface area (Å²) in [5, 5.41) is -0.120. The molecule has 1 aliphatic heterocycles. The number of amides is 1. The monoisotopic (exact) mass is 465 g/mol. The Labute approximate surface area is 175 Å². The highest BCUT2D eigenvalue weighted by molar-refractivity contribution is 7.90. The molecule has 0 unspecified atom stereocenters. The molecule has 11 heteroatoms. The summed E-state index contributed by atoms with van der Waals surface area (Å²) in [6.45, 7) is 0.792. The number of benzene rings is 2. The zero-order valence-electron chi connectivity index (χ0n) is 15.8. The van der Waals surface area contributed by atoms with Crippen molar-refractivity contribution in [2.75, 3.05) is 6.26 Å². The van der Waals surface area contributed by atoms with Gasteiger partial charge < -0.3 is 9.64 Å². The Morgan fingerprint density at radius 3 is 2.33 bits per heavy atom. The van der Waals surface area contributed by atoms with Gasteiger partial charge in [0.05, 0.1) is 15.5 Å². The van der Waals surface area contributed by atoms with Crippen molar-refractivity contribution in [1.82, 2.24) is 4.90 Å². The minimum absolute atomic E-state index is 0.0143. The van der Waals surface area contributed by atoms with Crippen LogP contribution in [0.4, 0.5) is 17.6 Å². The van der Waals surface area contributed by atoms with Gasteiger partial charge in [0.1, 0.15) is 11.6 Å². The van der Waals surface area contributed by atoms with Crippen LogP contribution < -0.4 is 4.74 Å². The van der Waals surface area contributed by atoms with Crippen LogP contribution in [-0.4, -0.2) is 37.8 Å². The van der Waals surface area contributed by atoms with Gasteiger partial charge >= 0.3 is 6.18 Å². The normalized spacial score (nSPS) is 15.1. The molecule has 162 valence electrons. The Kier molecular flexibility index (Phi) is 5.76. The van der Waals surface area contributed by atoms with Crippen molar-refractivity contribution in [2.45, 2.75) is 37.2 Å². The Hall–Kier alpha value is -2.33. The second-order valence-electron chi connectivity index (χ2n) is 6.93. The Morgan fingerprint density at radius 1 is 1.17 bits per heavy atom. The lowest BCUT2D eigenvalue weighted by Gasteiger charge is -2.22. The molecule has 1 atom stereocenters. The van der Waals surface area contributed by atoms with E-state index in [1.807, 2.05) is 0 Å². The van der Waals surface area contributed by atoms with Gasteiger partial charge in [-0.3, -0.25) is 4.79 Å². The van der Waals surface area contributed by atoms with Gasteiger partial charge in [0.25, 0.3) is 5.91 Å². The van der Waals surface area contributed by atoms with Gasteiger partial charge in [-0.2, -0.15) is 13.2 Å². The van der Waals surface area contributed by atoms with E-state index in [9.17, 15) is 30.8 Å². The predicted octanol–water partition coefficient (Wildman–Crippen LogP) is 4.37. The number of carbonyl (C=O) groups excluding carboxylic acids is 1. The lowest BCUT2D eigenvalue weighted by molar-refractivity contribution is -0.189. The van der Waals surface area contributed by atoms with E-state index in [0.29, 0.717) is 11.1 Å². The zero-order chi connectivity index (χ0) is 22.4. The third-order valence-electron chi connectivity index (χ3n) is 4.63. The summed E-state index contributed by atoms with van der Waals surface area (Å²) in [5.41, 5.74) is 0.740. The van der Waals surface area contributed by atoms with Gasteiger partial charge in [0.2, 0.25) is 0 Å². The molecule has 2 aromatic carbocycles. The molecule has 0 aliphatic carbocycles. The van der Waals surface area contributed by atoms with Gasteiger partial charge in [0, 0.05) is 19.3 Å². The summed E-state index contributed by atoms with van der Waals surface area (Å²) >= 11 is 5.76. The quantitative estimate of drug-likeness (QED) is 0.629. The third kappa shape index (κ3) is 4.54. The zero-order valence-corrected chi connectivity index (χ0v) is 17.3. The average Bonchev–Trinajstić information content (AvgIpc) is 3.02. The number of sulfone groups is 1. The Balaban J connectivity index is 1.99. The van der Waals surface area contributed by atoms with Crippen LogP contribution >= 0.6 is 11.6 Å². The molecule has 0 radical (unpaired) electrons. The minimum atomic E-state index is -4.69. The van der Waals surface area contributed by atoms with Crippen molar-refractivity contribution in [1.29, 1.82) is 0 Å². The highest BCUT2D eigenvalue weighted by Gasteiger charge is 2.39. The van der Waals surface area contributed by atoms with Crippen LogP contribution in [0.1, 0.15) is 28.4 Å². The lowest BCUT2D eigenvalue weighted by Crippen LogP contribution is -2.32. The van der Waals surface area contributed by atoms with Crippen molar-refractivity contribution >= 4 is 27.3 Å². The number of halogens is 5. The van der Waals surface area contributed by atoms with E-state index in [0.717, 1.165) is 31.4 Å². The summed E-state index contributed by atoms with van der Waals surface area (Å²) in [6.07, 6.45) is -6.00. The lowest BCUT2D eigenvalue weighted by atomic mass is 10.1. The highest BCUT2D eigenvalue weighted by Crippen LogP contribution is 2.33. The van der Waals surface area contributed by atoms with Crippen molar-refractivity contribution in [3.63, 3.8) is 0 Å². The fourth-order valence-corrected chi connectivity index (χ4v) is 3.81. The molecular weight excluding hydrogens is 450 g/mol. The first-order valence-corrected chi connectivity index (χ1v) is 10.9. The molecule has 1 amide bonds. The first-order valence-electron chi connectivity index (χ1n) is 8.61. The maximum Gasteiger partial charge on any atom is 0.425 e. The van der Waals surface area contributed by atoms with Crippen LogP contribution in [0.5, 0.6) is 5.75 Å². The van der Waals surface area contributed by atoms with Crippen molar-refractivity contribution < 1.29 is 35.5 Å². The van der Waals surface area contributed by atoms with Crippen LogP contribution in [0.15, 0.2) is 35.2 Å². The largest absolute Gasteiger partial charge is 0.480 e. The summed E-state index contributed by atoms with van der Waals surface area (Å²) in [6, 6.07) is 5.62. The van der Waals surface area contributed by atoms with E-state index in [1.54, 1.807) is 0 Å². The van der Waals surface area contributed by atoms with E-state index >= 15 is 0 Å². The SMILES string of the molecule is C[C@H](Oc1ccc(S(C)(=O)=O)cc1C(=O)N1Cc2cc(F)c(Cl)cc2C1)C(F)(F)F. The van der Waals surface area contributed by atoms with E-state index in [-0.39, 0.29) is 28.6 Å². The molecule has 0 aromatic heterocycles. The second kappa shape index (κ2) is 7.73. The van der Waals surface area contributed by atoms with Crippen LogP contribution in [0.25, 0.3) is 0 Å². The van der Waals surface area contributed by atoms with Crippen molar-refractivity contribution in [3.8, 4) is 5.75 Å². The molecule has 3 rings (SSSR count). The van der Waals surface area contributed by atoms with Crippen LogP contribution in [0.3, 0.4) is 0 Å². The second-order valence-corrected chi connectivity index (χ2v) is 9.35. The number of alkyl halides is 3. The highest BCUT2D eigenvalue weighted by atomic mass is 35.5. The van der Waals surface area contributed by atoms with E-state index in [4.69, 9.17) is 16.3 Å². The standard InChI is InChI=1S/C19H16ClF4NO4S/c1-10(19(22,23)24)29-17-4-3-13(30(2,27)28)7-14(17)18(26)25-8-11-5-15(20)16(21)6-12(11)9-25/h3-7,10H,8-9H2,1-2H3/t10-/m0/s1. The summed E-state index contributed by atoms with van der Waals surface area (Å²) in [5.74, 6) is -1.82. The molecule has 5 nitrogen and oxygen atoms in total. The van der Waals surface area contributed by atoms with Gasteiger partial charge in [-0.1, -0.05) is 11.6 Å². The molecule has 0 fully saturated rings. The number of rotatable bonds is 4. The Morgan fingerprint density at radius 2 is 1.77 bits per heavy atom. The maximum absolute atomic E-state index is 13.7. The van der Waals surface area contributed by atoms with Crippen LogP contribution in [0, 0.1) is 5.82 Å². The van der Waals surface area contributed by atoms with Crippen molar-refractivity contribution in [3.05, 3.63) is 57.9 Å². The van der Waals surface area contributed by atoms with E-state index < -0.39 is 39.6 Å². The third-order valence-corrected chi connectivity index (χ3v) is 6.03. The molecular formula is C19H16ClF4NO4S. The van der Waals surface area contributed by atoms with Gasteiger partial charge in [-0.15, -0.1) is 0 Å². The predicted molar refractivity (Wildman–Crippen MR) is 101 cm³/mol. The smallest absolute Gasteiger partial charge is 0.425 e. The molecule has 1 aliphatic rings. The van der Waals surface area contributed by atoms with Crippen molar-refractivity contribution in [2.24, 2.45) is 0 Å². The first kappa shape index (κ1) is 22.4. The minimum Gasteiger partial charge on any atom is -0.480 e. The molecule has 0 saturated carbocycles.